The third-order valence-corrected chi connectivity index (χ3v) is 8.12. The normalized spacial score (nSPS) is 32.8. The van der Waals surface area contributed by atoms with Crippen LogP contribution in [0.2, 0.25) is 0 Å². The van der Waals surface area contributed by atoms with E-state index in [4.69, 9.17) is 10.5 Å². The molecule has 4 atom stereocenters. The number of hydrogen-bond acceptors (Lipinski definition) is 4. The number of ether oxygens (including phenoxy) is 1. The molecule has 1 unspecified atom stereocenters. The molecule has 0 aromatic heterocycles. The molecule has 1 heterocycles. The number of fused-ring (bicyclic) bond motifs is 1. The molecule has 1 aliphatic heterocycles. The van der Waals surface area contributed by atoms with E-state index in [1.54, 1.807) is 7.11 Å². The third kappa shape index (κ3) is 2.78. The fourth-order valence-electron chi connectivity index (χ4n) is 6.39. The van der Waals surface area contributed by atoms with Gasteiger partial charge in [-0.25, -0.2) is 0 Å². The number of amides is 1. The third-order valence-electron chi connectivity index (χ3n) is 8.12. The Hall–Kier alpha value is -1.59. The van der Waals surface area contributed by atoms with Crippen molar-refractivity contribution < 1.29 is 9.53 Å². The quantitative estimate of drug-likeness (QED) is 0.839. The van der Waals surface area contributed by atoms with Gasteiger partial charge in [0.15, 0.2) is 0 Å². The maximum absolute atomic E-state index is 12.6. The number of anilines is 1. The number of benzene rings is 1. The molecule has 1 amide bonds. The number of rotatable bonds is 4. The van der Waals surface area contributed by atoms with Crippen molar-refractivity contribution in [2.75, 3.05) is 26.0 Å². The van der Waals surface area contributed by atoms with Crippen molar-refractivity contribution in [3.63, 3.8) is 0 Å². The van der Waals surface area contributed by atoms with Crippen molar-refractivity contribution in [2.24, 2.45) is 17.6 Å². The molecule has 5 heteroatoms. The summed E-state index contributed by atoms with van der Waals surface area (Å²) in [4.78, 5) is 15.2. The lowest BCUT2D eigenvalue weighted by Gasteiger charge is -2.58. The zero-order chi connectivity index (χ0) is 19.5. The van der Waals surface area contributed by atoms with Gasteiger partial charge in [-0.1, -0.05) is 12.8 Å². The molecule has 3 N–H and O–H groups in total. The van der Waals surface area contributed by atoms with E-state index in [-0.39, 0.29) is 5.91 Å². The molecule has 3 aliphatic carbocycles. The van der Waals surface area contributed by atoms with E-state index in [0.717, 1.165) is 36.6 Å². The predicted octanol–water partition coefficient (Wildman–Crippen LogP) is 3.06. The van der Waals surface area contributed by atoms with Crippen LogP contribution in [0.5, 0.6) is 5.75 Å². The Bertz CT molecular complexity index is 790. The van der Waals surface area contributed by atoms with E-state index >= 15 is 0 Å². The second-order valence-corrected chi connectivity index (χ2v) is 9.57. The molecule has 5 nitrogen and oxygen atoms in total. The van der Waals surface area contributed by atoms with Gasteiger partial charge < -0.3 is 20.7 Å². The molecule has 1 aromatic carbocycles. The number of nitrogens with zero attached hydrogens (tertiary/aromatic N) is 1. The molecule has 4 aliphatic rings. The smallest absolute Gasteiger partial charge is 0.241 e. The van der Waals surface area contributed by atoms with Gasteiger partial charge in [-0.05, 0) is 87.2 Å². The van der Waals surface area contributed by atoms with Gasteiger partial charge in [0, 0.05) is 11.5 Å². The summed E-state index contributed by atoms with van der Waals surface area (Å²) in [5, 5.41) is 3.08. The minimum atomic E-state index is -0.410. The van der Waals surface area contributed by atoms with Gasteiger partial charge in [-0.3, -0.25) is 4.79 Å². The minimum Gasteiger partial charge on any atom is -0.495 e. The van der Waals surface area contributed by atoms with Gasteiger partial charge in [0.05, 0.1) is 18.8 Å². The summed E-state index contributed by atoms with van der Waals surface area (Å²) in [6, 6.07) is 4.64. The predicted molar refractivity (Wildman–Crippen MR) is 111 cm³/mol. The van der Waals surface area contributed by atoms with Crippen LogP contribution in [0.3, 0.4) is 0 Å². The highest BCUT2D eigenvalue weighted by molar-refractivity contribution is 5.96. The van der Waals surface area contributed by atoms with E-state index in [1.165, 1.54) is 49.8 Å². The van der Waals surface area contributed by atoms with Crippen molar-refractivity contribution in [2.45, 2.75) is 68.9 Å². The lowest BCUT2D eigenvalue weighted by atomic mass is 9.52. The van der Waals surface area contributed by atoms with E-state index in [0.29, 0.717) is 17.4 Å². The first-order valence-electron chi connectivity index (χ1n) is 11.0. The molecule has 152 valence electrons. The van der Waals surface area contributed by atoms with Crippen LogP contribution in [-0.4, -0.2) is 43.6 Å². The summed E-state index contributed by atoms with van der Waals surface area (Å²) in [5.41, 5.74) is 10.1. The van der Waals surface area contributed by atoms with Crippen LogP contribution in [-0.2, 0) is 16.6 Å². The Balaban J connectivity index is 1.53. The highest BCUT2D eigenvalue weighted by Gasteiger charge is 2.53. The molecule has 1 aromatic rings. The van der Waals surface area contributed by atoms with Crippen molar-refractivity contribution in [3.05, 3.63) is 23.3 Å². The first kappa shape index (κ1) is 18.4. The minimum absolute atomic E-state index is 0.0809. The molecule has 0 spiro atoms. The van der Waals surface area contributed by atoms with Crippen molar-refractivity contribution in [1.82, 2.24) is 4.90 Å². The Morgan fingerprint density at radius 1 is 1.29 bits per heavy atom. The molecule has 1 saturated heterocycles. The number of likely N-dealkylation sites (N-methyl/N-ethyl adjacent to an activating group) is 1. The van der Waals surface area contributed by atoms with Gasteiger partial charge in [-0.15, -0.1) is 0 Å². The van der Waals surface area contributed by atoms with Crippen molar-refractivity contribution in [1.29, 1.82) is 0 Å². The fourth-order valence-corrected chi connectivity index (χ4v) is 6.39. The maximum Gasteiger partial charge on any atom is 0.241 e. The molecule has 3 fully saturated rings. The zero-order valence-corrected chi connectivity index (χ0v) is 17.2. The fraction of sp³-hybridized carbons (Fsp3) is 0.696. The number of likely N-dealkylation sites (tertiary alicyclic amines) is 1. The number of piperidine rings is 1. The summed E-state index contributed by atoms with van der Waals surface area (Å²) in [6.45, 7) is 1.18. The average molecular weight is 384 g/mol. The summed E-state index contributed by atoms with van der Waals surface area (Å²) in [6.07, 6.45) is 9.74. The van der Waals surface area contributed by atoms with Crippen molar-refractivity contribution >= 4 is 11.6 Å². The van der Waals surface area contributed by atoms with Gasteiger partial charge in [0.2, 0.25) is 5.91 Å². The summed E-state index contributed by atoms with van der Waals surface area (Å²) >= 11 is 0. The summed E-state index contributed by atoms with van der Waals surface area (Å²) in [5.74, 6) is 1.80. The Kier molecular flexibility index (Phi) is 4.44. The van der Waals surface area contributed by atoms with Gasteiger partial charge >= 0.3 is 0 Å². The van der Waals surface area contributed by atoms with Crippen LogP contribution in [0.15, 0.2) is 12.1 Å². The second-order valence-electron chi connectivity index (χ2n) is 9.57. The van der Waals surface area contributed by atoms with Gasteiger partial charge in [-0.2, -0.15) is 0 Å². The lowest BCUT2D eigenvalue weighted by molar-refractivity contribution is -0.117. The van der Waals surface area contributed by atoms with Crippen LogP contribution in [0.4, 0.5) is 5.69 Å². The van der Waals surface area contributed by atoms with Crippen molar-refractivity contribution in [3.8, 4) is 5.75 Å². The molecule has 2 saturated carbocycles. The molecular formula is C23H33N3O2. The standard InChI is InChI=1S/C23H33N3O2/c1-26-10-9-23-8-4-3-5-16(23)19(26)12-15-11-18(20(28-2)13-17(15)23)25-22(27)21(24)14-6-7-14/h11,13-14,16,19,21H,3-10,12,24H2,1-2H3,(H,25,27)/t16?,19-,21-,23-/m0/s1. The zero-order valence-electron chi connectivity index (χ0n) is 17.2. The van der Waals surface area contributed by atoms with Crippen LogP contribution >= 0.6 is 0 Å². The van der Waals surface area contributed by atoms with E-state index in [9.17, 15) is 4.79 Å². The number of carbonyl (C=O) groups excluding carboxylic acids is 1. The monoisotopic (exact) mass is 383 g/mol. The van der Waals surface area contributed by atoms with Gasteiger partial charge in [0.25, 0.3) is 0 Å². The SMILES string of the molecule is COc1cc2c(cc1NC(=O)[C@@H](N)C1CC1)C[C@H]1C3CCCC[C@@]23CCN1C. The van der Waals surface area contributed by atoms with E-state index < -0.39 is 6.04 Å². The first-order chi connectivity index (χ1) is 13.5. The second kappa shape index (κ2) is 6.74. The summed E-state index contributed by atoms with van der Waals surface area (Å²) in [7, 11) is 3.99. The largest absolute Gasteiger partial charge is 0.495 e. The highest BCUT2D eigenvalue weighted by atomic mass is 16.5. The first-order valence-corrected chi connectivity index (χ1v) is 11.0. The molecule has 2 bridgehead atoms. The lowest BCUT2D eigenvalue weighted by Crippen LogP contribution is -2.59. The van der Waals surface area contributed by atoms with Crippen LogP contribution in [0, 0.1) is 11.8 Å². The van der Waals surface area contributed by atoms with Crippen LogP contribution in [0.1, 0.15) is 56.1 Å². The molecular weight excluding hydrogens is 350 g/mol. The maximum atomic E-state index is 12.6. The Morgan fingerprint density at radius 2 is 2.11 bits per heavy atom. The number of methoxy groups -OCH3 is 1. The highest BCUT2D eigenvalue weighted by Crippen LogP contribution is 2.56. The molecule has 28 heavy (non-hydrogen) atoms. The number of nitrogens with one attached hydrogen (secondary N) is 1. The topological polar surface area (TPSA) is 67.6 Å². The Morgan fingerprint density at radius 3 is 2.86 bits per heavy atom. The van der Waals surface area contributed by atoms with Crippen LogP contribution < -0.4 is 15.8 Å². The van der Waals surface area contributed by atoms with E-state index in [1.807, 2.05) is 0 Å². The molecule has 0 radical (unpaired) electrons. The van der Waals surface area contributed by atoms with Gasteiger partial charge in [0.1, 0.15) is 5.75 Å². The number of hydrogen-bond donors (Lipinski definition) is 2. The molecule has 5 rings (SSSR count). The Labute approximate surface area is 168 Å². The summed E-state index contributed by atoms with van der Waals surface area (Å²) < 4.78 is 5.74. The van der Waals surface area contributed by atoms with Crippen LogP contribution in [0.25, 0.3) is 0 Å². The number of carbonyl (C=O) groups is 1. The van der Waals surface area contributed by atoms with E-state index in [2.05, 4.69) is 29.4 Å². The average Bonchev–Trinajstić information content (AvgIpc) is 3.55. The number of nitrogens with two attached hydrogens (primary N) is 1.